The highest BCUT2D eigenvalue weighted by atomic mass is 79.9. The Labute approximate surface area is 161 Å². The van der Waals surface area contributed by atoms with Gasteiger partial charge in [-0.05, 0) is 51.0 Å². The molecule has 132 valence electrons. The highest BCUT2D eigenvalue weighted by Crippen LogP contribution is 2.21. The van der Waals surface area contributed by atoms with Crippen molar-refractivity contribution in [3.8, 4) is 0 Å². The molecule has 0 atom stereocenters. The number of hydrogen-bond acceptors (Lipinski definition) is 4. The van der Waals surface area contributed by atoms with Crippen LogP contribution in [0.25, 0.3) is 10.8 Å². The first-order chi connectivity index (χ1) is 12.5. The van der Waals surface area contributed by atoms with Crippen LogP contribution >= 0.6 is 27.3 Å². The van der Waals surface area contributed by atoms with Gasteiger partial charge in [-0.3, -0.25) is 25.2 Å². The van der Waals surface area contributed by atoms with Crippen molar-refractivity contribution in [2.45, 2.75) is 0 Å². The summed E-state index contributed by atoms with van der Waals surface area (Å²) < 4.78 is 0.816. The summed E-state index contributed by atoms with van der Waals surface area (Å²) in [5.74, 6) is -1.31. The predicted octanol–water partition coefficient (Wildman–Crippen LogP) is 2.85. The van der Waals surface area contributed by atoms with E-state index in [1.165, 1.54) is 11.3 Å². The monoisotopic (exact) mass is 431 g/mol. The van der Waals surface area contributed by atoms with Gasteiger partial charge in [0.1, 0.15) is 0 Å². The molecule has 0 aliphatic heterocycles. The van der Waals surface area contributed by atoms with Crippen LogP contribution in [0.4, 0.5) is 0 Å². The van der Waals surface area contributed by atoms with Crippen LogP contribution in [0.5, 0.6) is 0 Å². The Kier molecular flexibility index (Phi) is 5.65. The molecule has 1 aromatic heterocycles. The molecule has 3 N–H and O–H groups in total. The van der Waals surface area contributed by atoms with Gasteiger partial charge in [0.2, 0.25) is 0 Å². The van der Waals surface area contributed by atoms with Crippen LogP contribution in [-0.4, -0.2) is 24.3 Å². The Morgan fingerprint density at radius 3 is 2.38 bits per heavy atom. The number of amides is 3. The Morgan fingerprint density at radius 2 is 1.65 bits per heavy atom. The number of rotatable bonds is 4. The van der Waals surface area contributed by atoms with Crippen LogP contribution in [0.15, 0.2) is 58.4 Å². The van der Waals surface area contributed by atoms with Gasteiger partial charge in [0.15, 0.2) is 0 Å². The zero-order valence-electron chi connectivity index (χ0n) is 13.4. The zero-order chi connectivity index (χ0) is 18.5. The molecule has 0 bridgehead atoms. The average molecular weight is 432 g/mol. The van der Waals surface area contributed by atoms with E-state index >= 15 is 0 Å². The molecule has 8 heteroatoms. The summed E-state index contributed by atoms with van der Waals surface area (Å²) in [5.41, 5.74) is 5.03. The van der Waals surface area contributed by atoms with Gasteiger partial charge >= 0.3 is 0 Å². The lowest BCUT2D eigenvalue weighted by atomic mass is 10.1. The van der Waals surface area contributed by atoms with E-state index in [2.05, 4.69) is 32.1 Å². The van der Waals surface area contributed by atoms with Gasteiger partial charge in [0.05, 0.1) is 15.2 Å². The first-order valence-corrected chi connectivity index (χ1v) is 9.25. The third-order valence-electron chi connectivity index (χ3n) is 3.53. The molecule has 2 aromatic carbocycles. The second-order valence-electron chi connectivity index (χ2n) is 5.35. The molecular weight excluding hydrogens is 418 g/mol. The van der Waals surface area contributed by atoms with Crippen LogP contribution < -0.4 is 16.2 Å². The lowest BCUT2D eigenvalue weighted by molar-refractivity contribution is -0.120. The summed E-state index contributed by atoms with van der Waals surface area (Å²) in [6.07, 6.45) is 0. The van der Waals surface area contributed by atoms with E-state index < -0.39 is 11.8 Å². The van der Waals surface area contributed by atoms with Crippen molar-refractivity contribution >= 4 is 55.8 Å². The molecular formula is C18H14BrN3O3S. The van der Waals surface area contributed by atoms with E-state index in [9.17, 15) is 14.4 Å². The lowest BCUT2D eigenvalue weighted by Crippen LogP contribution is -2.46. The number of fused-ring (bicyclic) bond motifs is 1. The fourth-order valence-corrected chi connectivity index (χ4v) is 3.54. The first-order valence-electron chi connectivity index (χ1n) is 7.64. The Morgan fingerprint density at radius 1 is 0.885 bits per heavy atom. The fourth-order valence-electron chi connectivity index (χ4n) is 2.26. The minimum absolute atomic E-state index is 0.250. The first kappa shape index (κ1) is 18.1. The van der Waals surface area contributed by atoms with E-state index in [-0.39, 0.29) is 12.5 Å². The van der Waals surface area contributed by atoms with Gasteiger partial charge in [0.25, 0.3) is 17.7 Å². The highest BCUT2D eigenvalue weighted by Gasteiger charge is 2.11. The molecule has 0 saturated carbocycles. The van der Waals surface area contributed by atoms with Gasteiger partial charge in [-0.2, -0.15) is 0 Å². The second kappa shape index (κ2) is 8.11. The van der Waals surface area contributed by atoms with Crippen LogP contribution in [0.3, 0.4) is 0 Å². The lowest BCUT2D eigenvalue weighted by Gasteiger charge is -2.08. The Hall–Kier alpha value is -2.71. The summed E-state index contributed by atoms with van der Waals surface area (Å²) in [7, 11) is 0. The molecule has 1 heterocycles. The Bertz CT molecular complexity index is 986. The highest BCUT2D eigenvalue weighted by molar-refractivity contribution is 9.11. The standard InChI is InChI=1S/C18H14BrN3O3S/c19-15-8-7-14(26-15)18(25)22-21-16(23)10-20-17(24)13-6-5-11-3-1-2-4-12(11)9-13/h1-9H,10H2,(H,20,24)(H,21,23)(H,22,25). The third kappa shape index (κ3) is 4.47. The number of carbonyl (C=O) groups excluding carboxylic acids is 3. The Balaban J connectivity index is 1.50. The van der Waals surface area contributed by atoms with Gasteiger partial charge in [-0.15, -0.1) is 11.3 Å². The minimum atomic E-state index is -0.525. The van der Waals surface area contributed by atoms with Gasteiger partial charge in [-0.25, -0.2) is 0 Å². The summed E-state index contributed by atoms with van der Waals surface area (Å²) >= 11 is 4.51. The van der Waals surface area contributed by atoms with E-state index in [0.717, 1.165) is 14.6 Å². The van der Waals surface area contributed by atoms with E-state index in [1.807, 2.05) is 30.3 Å². The smallest absolute Gasteiger partial charge is 0.279 e. The number of hydrazine groups is 1. The maximum Gasteiger partial charge on any atom is 0.279 e. The van der Waals surface area contributed by atoms with Crippen molar-refractivity contribution in [2.75, 3.05) is 6.54 Å². The van der Waals surface area contributed by atoms with Gasteiger partial charge < -0.3 is 5.32 Å². The quantitative estimate of drug-likeness (QED) is 0.555. The van der Waals surface area contributed by atoms with E-state index in [0.29, 0.717) is 10.4 Å². The summed E-state index contributed by atoms with van der Waals surface area (Å²) in [6.45, 7) is -0.250. The number of thiophene rings is 1. The maximum atomic E-state index is 12.2. The van der Waals surface area contributed by atoms with Crippen molar-refractivity contribution in [1.82, 2.24) is 16.2 Å². The minimum Gasteiger partial charge on any atom is -0.343 e. The van der Waals surface area contributed by atoms with E-state index in [1.54, 1.807) is 24.3 Å². The zero-order valence-corrected chi connectivity index (χ0v) is 15.8. The molecule has 0 saturated heterocycles. The van der Waals surface area contributed by atoms with Gasteiger partial charge in [-0.1, -0.05) is 30.3 Å². The molecule has 0 aliphatic carbocycles. The number of hydrogen-bond donors (Lipinski definition) is 3. The second-order valence-corrected chi connectivity index (χ2v) is 7.81. The normalized spacial score (nSPS) is 10.3. The number of halogens is 1. The predicted molar refractivity (Wildman–Crippen MR) is 104 cm³/mol. The number of nitrogens with one attached hydrogen (secondary N) is 3. The summed E-state index contributed by atoms with van der Waals surface area (Å²) in [4.78, 5) is 36.2. The van der Waals surface area contributed by atoms with E-state index in [4.69, 9.17) is 0 Å². The largest absolute Gasteiger partial charge is 0.343 e. The van der Waals surface area contributed by atoms with Crippen molar-refractivity contribution in [3.05, 3.63) is 68.8 Å². The molecule has 3 aromatic rings. The number of benzene rings is 2. The molecule has 0 unspecified atom stereocenters. The molecule has 0 radical (unpaired) electrons. The molecule has 0 aliphatic rings. The molecule has 3 rings (SSSR count). The average Bonchev–Trinajstić information content (AvgIpc) is 3.10. The fraction of sp³-hybridized carbons (Fsp3) is 0.0556. The van der Waals surface area contributed by atoms with Crippen molar-refractivity contribution < 1.29 is 14.4 Å². The van der Waals surface area contributed by atoms with Crippen LogP contribution in [-0.2, 0) is 4.79 Å². The molecule has 0 fully saturated rings. The van der Waals surface area contributed by atoms with Crippen molar-refractivity contribution in [3.63, 3.8) is 0 Å². The summed E-state index contributed by atoms with van der Waals surface area (Å²) in [6, 6.07) is 16.4. The van der Waals surface area contributed by atoms with Crippen molar-refractivity contribution in [2.24, 2.45) is 0 Å². The topological polar surface area (TPSA) is 87.3 Å². The van der Waals surface area contributed by atoms with Crippen LogP contribution in [0, 0.1) is 0 Å². The van der Waals surface area contributed by atoms with Crippen LogP contribution in [0.1, 0.15) is 20.0 Å². The summed E-state index contributed by atoms with van der Waals surface area (Å²) in [5, 5.41) is 4.50. The van der Waals surface area contributed by atoms with Gasteiger partial charge in [0, 0.05) is 5.56 Å². The number of carbonyl (C=O) groups is 3. The third-order valence-corrected chi connectivity index (χ3v) is 5.16. The molecule has 6 nitrogen and oxygen atoms in total. The maximum absolute atomic E-state index is 12.2. The van der Waals surface area contributed by atoms with Crippen molar-refractivity contribution in [1.29, 1.82) is 0 Å². The molecule has 3 amide bonds. The molecule has 0 spiro atoms. The molecule has 26 heavy (non-hydrogen) atoms. The SMILES string of the molecule is O=C(CNC(=O)c1ccc2ccccc2c1)NNC(=O)c1ccc(Br)s1. The van der Waals surface area contributed by atoms with Crippen LogP contribution in [0.2, 0.25) is 0 Å².